The van der Waals surface area contributed by atoms with Gasteiger partial charge in [0.1, 0.15) is 0 Å². The Morgan fingerprint density at radius 1 is 1.14 bits per heavy atom. The standard InChI is InChI=1S/C13H23N3O5S/c1-14(2)12(17)7-16-6-5-15(4-3-13(18)19)10-8-22(20,21)9-11(10)16/h10-11H,3-9H2,1-2H3,(H,18,19)/t10-,11+/m1/s1. The normalized spacial score (nSPS) is 28.3. The number of aliphatic carboxylic acids is 1. The smallest absolute Gasteiger partial charge is 0.304 e. The number of carbonyl (C=O) groups is 2. The van der Waals surface area contributed by atoms with Gasteiger partial charge < -0.3 is 10.0 Å². The molecule has 0 aromatic carbocycles. The van der Waals surface area contributed by atoms with Gasteiger partial charge in [-0.15, -0.1) is 0 Å². The molecule has 2 aliphatic rings. The van der Waals surface area contributed by atoms with E-state index in [0.717, 1.165) is 0 Å². The molecule has 126 valence electrons. The van der Waals surface area contributed by atoms with Gasteiger partial charge in [-0.3, -0.25) is 19.4 Å². The summed E-state index contributed by atoms with van der Waals surface area (Å²) in [6.45, 7) is 1.72. The number of likely N-dealkylation sites (N-methyl/N-ethyl adjacent to an activating group) is 1. The van der Waals surface area contributed by atoms with Gasteiger partial charge in [-0.25, -0.2) is 8.42 Å². The fourth-order valence-corrected chi connectivity index (χ4v) is 5.17. The molecule has 9 heteroatoms. The highest BCUT2D eigenvalue weighted by atomic mass is 32.2. The lowest BCUT2D eigenvalue weighted by molar-refractivity contribution is -0.137. The molecule has 22 heavy (non-hydrogen) atoms. The van der Waals surface area contributed by atoms with Gasteiger partial charge in [-0.1, -0.05) is 0 Å². The quantitative estimate of drug-likeness (QED) is 0.642. The summed E-state index contributed by atoms with van der Waals surface area (Å²) in [6, 6.07) is -0.440. The largest absolute Gasteiger partial charge is 0.481 e. The number of carboxylic acid groups (broad SMARTS) is 1. The van der Waals surface area contributed by atoms with Crippen molar-refractivity contribution in [2.24, 2.45) is 0 Å². The van der Waals surface area contributed by atoms with Crippen LogP contribution in [0.2, 0.25) is 0 Å². The van der Waals surface area contributed by atoms with Gasteiger partial charge in [-0.05, 0) is 0 Å². The number of piperazine rings is 1. The highest BCUT2D eigenvalue weighted by molar-refractivity contribution is 7.91. The number of rotatable bonds is 5. The summed E-state index contributed by atoms with van der Waals surface area (Å²) < 4.78 is 24.0. The van der Waals surface area contributed by atoms with E-state index in [4.69, 9.17) is 5.11 Å². The van der Waals surface area contributed by atoms with Gasteiger partial charge in [0.05, 0.1) is 24.5 Å². The van der Waals surface area contributed by atoms with Crippen molar-refractivity contribution in [1.82, 2.24) is 14.7 Å². The maximum atomic E-state index is 12.0. The summed E-state index contributed by atoms with van der Waals surface area (Å²) >= 11 is 0. The van der Waals surface area contributed by atoms with Gasteiger partial charge in [0.2, 0.25) is 5.91 Å². The summed E-state index contributed by atoms with van der Waals surface area (Å²) in [5.41, 5.74) is 0. The zero-order valence-corrected chi connectivity index (χ0v) is 13.8. The Labute approximate surface area is 130 Å². The lowest BCUT2D eigenvalue weighted by atomic mass is 10.0. The average Bonchev–Trinajstić information content (AvgIpc) is 2.73. The van der Waals surface area contributed by atoms with Crippen molar-refractivity contribution in [2.45, 2.75) is 18.5 Å². The van der Waals surface area contributed by atoms with E-state index in [2.05, 4.69) is 0 Å². The van der Waals surface area contributed by atoms with Crippen LogP contribution >= 0.6 is 0 Å². The Bertz CT molecular complexity index is 548. The van der Waals surface area contributed by atoms with Crippen molar-refractivity contribution in [2.75, 3.05) is 51.8 Å². The van der Waals surface area contributed by atoms with Crippen LogP contribution in [-0.4, -0.2) is 104 Å². The maximum Gasteiger partial charge on any atom is 0.304 e. The Hall–Kier alpha value is -1.19. The number of amides is 1. The minimum Gasteiger partial charge on any atom is -0.481 e. The molecule has 1 N–H and O–H groups in total. The SMILES string of the molecule is CN(C)C(=O)CN1CCN(CCC(=O)O)[C@@H]2CS(=O)(=O)C[C@@H]21. The molecule has 0 aromatic rings. The van der Waals surface area contributed by atoms with E-state index in [1.165, 1.54) is 4.90 Å². The highest BCUT2D eigenvalue weighted by Gasteiger charge is 2.46. The van der Waals surface area contributed by atoms with Gasteiger partial charge in [-0.2, -0.15) is 0 Å². The molecular weight excluding hydrogens is 310 g/mol. The van der Waals surface area contributed by atoms with Crippen LogP contribution < -0.4 is 0 Å². The van der Waals surface area contributed by atoms with Crippen molar-refractivity contribution in [3.8, 4) is 0 Å². The van der Waals surface area contributed by atoms with E-state index in [1.54, 1.807) is 14.1 Å². The molecule has 1 amide bonds. The number of nitrogens with zero attached hydrogens (tertiary/aromatic N) is 3. The van der Waals surface area contributed by atoms with Crippen molar-refractivity contribution in [3.05, 3.63) is 0 Å². The number of fused-ring (bicyclic) bond motifs is 1. The van der Waals surface area contributed by atoms with Gasteiger partial charge in [0, 0.05) is 45.8 Å². The number of carboxylic acids is 1. The molecule has 0 spiro atoms. The highest BCUT2D eigenvalue weighted by Crippen LogP contribution is 2.27. The Kier molecular flexibility index (Phi) is 5.08. The molecule has 2 aliphatic heterocycles. The van der Waals surface area contributed by atoms with Crippen molar-refractivity contribution < 1.29 is 23.1 Å². The number of sulfone groups is 1. The first kappa shape index (κ1) is 17.2. The molecule has 2 rings (SSSR count). The molecule has 0 radical (unpaired) electrons. The summed E-state index contributed by atoms with van der Waals surface area (Å²) in [5.74, 6) is -0.851. The predicted molar refractivity (Wildman–Crippen MR) is 80.3 cm³/mol. The van der Waals surface area contributed by atoms with E-state index in [1.807, 2.05) is 9.80 Å². The van der Waals surface area contributed by atoms with Crippen LogP contribution in [0.25, 0.3) is 0 Å². The number of hydrogen-bond donors (Lipinski definition) is 1. The molecule has 0 bridgehead atoms. The van der Waals surface area contributed by atoms with Crippen LogP contribution in [0.1, 0.15) is 6.42 Å². The van der Waals surface area contributed by atoms with Crippen molar-refractivity contribution >= 4 is 21.7 Å². The number of hydrogen-bond acceptors (Lipinski definition) is 6. The second kappa shape index (κ2) is 6.51. The predicted octanol–water partition coefficient (Wildman–Crippen LogP) is -1.67. The molecule has 0 saturated carbocycles. The molecule has 2 atom stereocenters. The zero-order chi connectivity index (χ0) is 16.5. The summed E-state index contributed by atoms with van der Waals surface area (Å²) in [7, 11) is 0.205. The van der Waals surface area contributed by atoms with E-state index in [-0.39, 0.29) is 42.5 Å². The summed E-state index contributed by atoms with van der Waals surface area (Å²) in [6.07, 6.45) is -0.000103. The second-order valence-corrected chi connectivity index (χ2v) is 8.30. The Morgan fingerprint density at radius 3 is 2.23 bits per heavy atom. The molecule has 0 aliphatic carbocycles. The van der Waals surface area contributed by atoms with Gasteiger partial charge in [0.25, 0.3) is 0 Å². The summed E-state index contributed by atoms with van der Waals surface area (Å²) in [5, 5.41) is 8.81. The van der Waals surface area contributed by atoms with Gasteiger partial charge in [0.15, 0.2) is 9.84 Å². The van der Waals surface area contributed by atoms with Crippen LogP contribution in [0, 0.1) is 0 Å². The first-order valence-electron chi connectivity index (χ1n) is 7.30. The number of carbonyl (C=O) groups excluding carboxylic acids is 1. The fraction of sp³-hybridized carbons (Fsp3) is 0.846. The average molecular weight is 333 g/mol. The lowest BCUT2D eigenvalue weighted by Gasteiger charge is -2.43. The Balaban J connectivity index is 2.10. The Morgan fingerprint density at radius 2 is 1.68 bits per heavy atom. The summed E-state index contributed by atoms with van der Waals surface area (Å²) in [4.78, 5) is 28.0. The van der Waals surface area contributed by atoms with Crippen LogP contribution in [0.3, 0.4) is 0 Å². The van der Waals surface area contributed by atoms with Crippen molar-refractivity contribution in [3.63, 3.8) is 0 Å². The van der Waals surface area contributed by atoms with E-state index >= 15 is 0 Å². The first-order chi connectivity index (χ1) is 10.2. The van der Waals surface area contributed by atoms with Crippen molar-refractivity contribution in [1.29, 1.82) is 0 Å². The zero-order valence-electron chi connectivity index (χ0n) is 12.9. The molecule has 2 saturated heterocycles. The fourth-order valence-electron chi connectivity index (χ4n) is 3.12. The molecular formula is C13H23N3O5S. The topological polar surface area (TPSA) is 98.2 Å². The third-order valence-corrected chi connectivity index (χ3v) is 6.05. The third-order valence-electron chi connectivity index (χ3n) is 4.36. The molecule has 0 unspecified atom stereocenters. The van der Waals surface area contributed by atoms with E-state index in [9.17, 15) is 18.0 Å². The molecule has 2 fully saturated rings. The van der Waals surface area contributed by atoms with Crippen LogP contribution in [0.15, 0.2) is 0 Å². The lowest BCUT2D eigenvalue weighted by Crippen LogP contribution is -2.60. The minimum absolute atomic E-state index is 0.000103. The maximum absolute atomic E-state index is 12.0. The second-order valence-electron chi connectivity index (χ2n) is 6.15. The minimum atomic E-state index is -3.14. The van der Waals surface area contributed by atoms with E-state index in [0.29, 0.717) is 19.6 Å². The molecule has 2 heterocycles. The van der Waals surface area contributed by atoms with Crippen LogP contribution in [-0.2, 0) is 19.4 Å². The monoisotopic (exact) mass is 333 g/mol. The van der Waals surface area contributed by atoms with Gasteiger partial charge >= 0.3 is 5.97 Å². The molecule has 0 aromatic heterocycles. The van der Waals surface area contributed by atoms with Crippen LogP contribution in [0.5, 0.6) is 0 Å². The van der Waals surface area contributed by atoms with E-state index < -0.39 is 15.8 Å². The van der Waals surface area contributed by atoms with Crippen LogP contribution in [0.4, 0.5) is 0 Å². The molecule has 8 nitrogen and oxygen atoms in total. The third kappa shape index (κ3) is 3.96. The first-order valence-corrected chi connectivity index (χ1v) is 9.12.